The Hall–Kier alpha value is -2.20. The van der Waals surface area contributed by atoms with Crippen molar-refractivity contribution in [3.05, 3.63) is 65.5 Å². The van der Waals surface area contributed by atoms with Gasteiger partial charge in [-0.2, -0.15) is 0 Å². The number of nitrogens with zero attached hydrogens (tertiary/aromatic N) is 1. The molecular weight excluding hydrogens is 264 g/mol. The summed E-state index contributed by atoms with van der Waals surface area (Å²) in [6.07, 6.45) is 5.79. The predicted molar refractivity (Wildman–Crippen MR) is 79.8 cm³/mol. The Morgan fingerprint density at radius 1 is 1.14 bits per heavy atom. The van der Waals surface area contributed by atoms with Gasteiger partial charge >= 0.3 is 0 Å². The molecule has 0 saturated heterocycles. The molecule has 1 fully saturated rings. The van der Waals surface area contributed by atoms with Gasteiger partial charge in [-0.25, -0.2) is 0 Å². The summed E-state index contributed by atoms with van der Waals surface area (Å²) in [4.78, 5) is 16.2. The van der Waals surface area contributed by atoms with Gasteiger partial charge < -0.3 is 10.4 Å². The molecule has 3 rings (SSSR count). The van der Waals surface area contributed by atoms with Crippen LogP contribution in [0.5, 0.6) is 0 Å². The van der Waals surface area contributed by atoms with Crippen LogP contribution in [-0.2, 0) is 12.0 Å². The number of pyridine rings is 1. The lowest BCUT2D eigenvalue weighted by atomic mass is 9.97. The zero-order valence-corrected chi connectivity index (χ0v) is 11.7. The highest BCUT2D eigenvalue weighted by Crippen LogP contribution is 2.47. The summed E-state index contributed by atoms with van der Waals surface area (Å²) >= 11 is 0. The Bertz CT molecular complexity index is 619. The van der Waals surface area contributed by atoms with Crippen molar-refractivity contribution < 1.29 is 9.90 Å². The van der Waals surface area contributed by atoms with E-state index in [9.17, 15) is 4.79 Å². The van der Waals surface area contributed by atoms with Crippen molar-refractivity contribution in [1.29, 1.82) is 0 Å². The highest BCUT2D eigenvalue weighted by Gasteiger charge is 2.44. The molecule has 0 radical (unpaired) electrons. The van der Waals surface area contributed by atoms with Gasteiger partial charge in [0.15, 0.2) is 0 Å². The molecule has 0 unspecified atom stereocenters. The standard InChI is InChI=1S/C17H18N2O2/c20-11-13-1-3-14(4-2-13)16(21)19-12-17(7-8-17)15-5-9-18-10-6-15/h1-6,9-10,20H,7-8,11-12H2,(H,19,21). The topological polar surface area (TPSA) is 62.2 Å². The van der Waals surface area contributed by atoms with Crippen molar-refractivity contribution in [3.8, 4) is 0 Å². The third-order valence-corrected chi connectivity index (χ3v) is 4.13. The van der Waals surface area contributed by atoms with E-state index in [1.165, 1.54) is 5.56 Å². The summed E-state index contributed by atoms with van der Waals surface area (Å²) in [6.45, 7) is 0.644. The van der Waals surface area contributed by atoms with Crippen LogP contribution in [0.25, 0.3) is 0 Å². The Morgan fingerprint density at radius 2 is 1.81 bits per heavy atom. The van der Waals surface area contributed by atoms with Crippen LogP contribution in [0.3, 0.4) is 0 Å². The molecule has 1 aliphatic carbocycles. The van der Waals surface area contributed by atoms with Gasteiger partial charge in [-0.3, -0.25) is 9.78 Å². The van der Waals surface area contributed by atoms with Gasteiger partial charge in [0, 0.05) is 29.9 Å². The van der Waals surface area contributed by atoms with Gasteiger partial charge in [0.05, 0.1) is 6.61 Å². The summed E-state index contributed by atoms with van der Waals surface area (Å²) < 4.78 is 0. The molecule has 0 bridgehead atoms. The number of amides is 1. The van der Waals surface area contributed by atoms with Gasteiger partial charge in [0.25, 0.3) is 5.91 Å². The average molecular weight is 282 g/mol. The Balaban J connectivity index is 1.63. The van der Waals surface area contributed by atoms with Crippen LogP contribution in [0.2, 0.25) is 0 Å². The summed E-state index contributed by atoms with van der Waals surface area (Å²) in [7, 11) is 0. The number of rotatable bonds is 5. The first-order chi connectivity index (χ1) is 10.2. The molecule has 108 valence electrons. The second-order valence-corrected chi connectivity index (χ2v) is 5.55. The molecule has 1 saturated carbocycles. The van der Waals surface area contributed by atoms with Crippen molar-refractivity contribution >= 4 is 5.91 Å². The number of aliphatic hydroxyl groups is 1. The second-order valence-electron chi connectivity index (χ2n) is 5.55. The molecule has 0 spiro atoms. The maximum Gasteiger partial charge on any atom is 0.251 e. The van der Waals surface area contributed by atoms with E-state index < -0.39 is 0 Å². The first kappa shape index (κ1) is 13.8. The van der Waals surface area contributed by atoms with E-state index in [4.69, 9.17) is 5.11 Å². The van der Waals surface area contributed by atoms with E-state index in [0.717, 1.165) is 18.4 Å². The number of carbonyl (C=O) groups is 1. The zero-order valence-electron chi connectivity index (χ0n) is 11.7. The van der Waals surface area contributed by atoms with E-state index in [-0.39, 0.29) is 17.9 Å². The molecule has 1 heterocycles. The normalized spacial score (nSPS) is 15.5. The maximum atomic E-state index is 12.2. The third kappa shape index (κ3) is 2.95. The molecule has 4 nitrogen and oxygen atoms in total. The van der Waals surface area contributed by atoms with Crippen LogP contribution in [0.15, 0.2) is 48.8 Å². The van der Waals surface area contributed by atoms with Gasteiger partial charge in [-0.05, 0) is 48.2 Å². The number of carbonyl (C=O) groups excluding carboxylic acids is 1. The van der Waals surface area contributed by atoms with Crippen LogP contribution in [-0.4, -0.2) is 22.5 Å². The van der Waals surface area contributed by atoms with Crippen LogP contribution < -0.4 is 5.32 Å². The minimum atomic E-state index is -0.0696. The van der Waals surface area contributed by atoms with Gasteiger partial charge in [-0.15, -0.1) is 0 Å². The molecule has 1 aromatic heterocycles. The SMILES string of the molecule is O=C(NCC1(c2ccncc2)CC1)c1ccc(CO)cc1. The molecule has 0 aliphatic heterocycles. The van der Waals surface area contributed by atoms with E-state index >= 15 is 0 Å². The van der Waals surface area contributed by atoms with E-state index in [2.05, 4.69) is 10.3 Å². The first-order valence-corrected chi connectivity index (χ1v) is 7.12. The molecule has 1 amide bonds. The van der Waals surface area contributed by atoms with Crippen LogP contribution in [0, 0.1) is 0 Å². The maximum absolute atomic E-state index is 12.2. The summed E-state index contributed by atoms with van der Waals surface area (Å²) in [5.74, 6) is -0.0696. The molecule has 21 heavy (non-hydrogen) atoms. The summed E-state index contributed by atoms with van der Waals surface area (Å²) in [6, 6.07) is 11.1. The van der Waals surface area contributed by atoms with Crippen molar-refractivity contribution in [2.24, 2.45) is 0 Å². The smallest absolute Gasteiger partial charge is 0.251 e. The minimum Gasteiger partial charge on any atom is -0.392 e. The molecule has 2 N–H and O–H groups in total. The van der Waals surface area contributed by atoms with Crippen molar-refractivity contribution in [2.45, 2.75) is 24.9 Å². The number of nitrogens with one attached hydrogen (secondary N) is 1. The number of aromatic nitrogens is 1. The predicted octanol–water partition coefficient (Wildman–Crippen LogP) is 2.04. The Labute approximate surface area is 123 Å². The number of hydrogen-bond donors (Lipinski definition) is 2. The Kier molecular flexibility index (Phi) is 3.71. The second kappa shape index (κ2) is 5.66. The van der Waals surface area contributed by atoms with Crippen molar-refractivity contribution in [3.63, 3.8) is 0 Å². The fourth-order valence-corrected chi connectivity index (χ4v) is 2.54. The zero-order chi connectivity index (χ0) is 14.7. The minimum absolute atomic E-state index is 0.00689. The van der Waals surface area contributed by atoms with Crippen molar-refractivity contribution in [1.82, 2.24) is 10.3 Å². The molecule has 1 aromatic carbocycles. The molecule has 0 atom stereocenters. The van der Waals surface area contributed by atoms with E-state index in [0.29, 0.717) is 12.1 Å². The fraction of sp³-hybridized carbons (Fsp3) is 0.294. The van der Waals surface area contributed by atoms with E-state index in [1.54, 1.807) is 36.7 Å². The lowest BCUT2D eigenvalue weighted by molar-refractivity contribution is 0.0949. The number of hydrogen-bond acceptors (Lipinski definition) is 3. The first-order valence-electron chi connectivity index (χ1n) is 7.12. The van der Waals surface area contributed by atoms with Gasteiger partial charge in [-0.1, -0.05) is 12.1 Å². The third-order valence-electron chi connectivity index (χ3n) is 4.13. The fourth-order valence-electron chi connectivity index (χ4n) is 2.54. The van der Waals surface area contributed by atoms with Crippen LogP contribution in [0.4, 0.5) is 0 Å². The quantitative estimate of drug-likeness (QED) is 0.882. The Morgan fingerprint density at radius 3 is 2.38 bits per heavy atom. The number of benzene rings is 1. The molecule has 1 aliphatic rings. The van der Waals surface area contributed by atoms with Gasteiger partial charge in [0.2, 0.25) is 0 Å². The van der Waals surface area contributed by atoms with Crippen LogP contribution in [0.1, 0.15) is 34.3 Å². The molecule has 2 aromatic rings. The average Bonchev–Trinajstić information content (AvgIpc) is 3.35. The summed E-state index contributed by atoms with van der Waals surface area (Å²) in [5.41, 5.74) is 2.76. The van der Waals surface area contributed by atoms with Crippen molar-refractivity contribution in [2.75, 3.05) is 6.54 Å². The lowest BCUT2D eigenvalue weighted by Crippen LogP contribution is -2.32. The molecule has 4 heteroatoms. The monoisotopic (exact) mass is 282 g/mol. The molecular formula is C17H18N2O2. The number of aliphatic hydroxyl groups excluding tert-OH is 1. The van der Waals surface area contributed by atoms with Gasteiger partial charge in [0.1, 0.15) is 0 Å². The highest BCUT2D eigenvalue weighted by atomic mass is 16.3. The summed E-state index contributed by atoms with van der Waals surface area (Å²) in [5, 5.41) is 12.0. The van der Waals surface area contributed by atoms with E-state index in [1.807, 2.05) is 12.1 Å². The highest BCUT2D eigenvalue weighted by molar-refractivity contribution is 5.94. The largest absolute Gasteiger partial charge is 0.392 e. The lowest BCUT2D eigenvalue weighted by Gasteiger charge is -2.16. The van der Waals surface area contributed by atoms with Crippen LogP contribution >= 0.6 is 0 Å².